The molecular formula is C19H30FN3O. The predicted molar refractivity (Wildman–Crippen MR) is 97.0 cm³/mol. The molecule has 0 bridgehead atoms. The van der Waals surface area contributed by atoms with Crippen LogP contribution < -0.4 is 10.6 Å². The Balaban J connectivity index is 1.86. The highest BCUT2D eigenvalue weighted by Crippen LogP contribution is 2.48. The smallest absolute Gasteiger partial charge is 0.191 e. The Bertz CT molecular complexity index is 541. The van der Waals surface area contributed by atoms with Crippen LogP contribution in [0.25, 0.3) is 0 Å². The normalized spacial score (nSPS) is 16.3. The zero-order valence-electron chi connectivity index (χ0n) is 15.1. The summed E-state index contributed by atoms with van der Waals surface area (Å²) in [6.45, 7) is 9.22. The van der Waals surface area contributed by atoms with Gasteiger partial charge in [-0.25, -0.2) is 4.39 Å². The highest BCUT2D eigenvalue weighted by molar-refractivity contribution is 5.79. The van der Waals surface area contributed by atoms with Gasteiger partial charge in [-0.2, -0.15) is 0 Å². The second kappa shape index (κ2) is 9.02. The lowest BCUT2D eigenvalue weighted by molar-refractivity contribution is 0.0776. The molecule has 1 aromatic rings. The molecule has 1 fully saturated rings. The van der Waals surface area contributed by atoms with Gasteiger partial charge in [0.1, 0.15) is 5.82 Å². The van der Waals surface area contributed by atoms with Crippen LogP contribution in [-0.2, 0) is 10.2 Å². The van der Waals surface area contributed by atoms with Gasteiger partial charge in [0.05, 0.1) is 12.6 Å². The first-order valence-electron chi connectivity index (χ1n) is 8.95. The Kier molecular flexibility index (Phi) is 7.03. The summed E-state index contributed by atoms with van der Waals surface area (Å²) in [6.07, 6.45) is 3.36. The van der Waals surface area contributed by atoms with Gasteiger partial charge in [-0.1, -0.05) is 12.1 Å². The van der Waals surface area contributed by atoms with Crippen molar-refractivity contribution in [1.29, 1.82) is 0 Å². The maximum atomic E-state index is 13.5. The summed E-state index contributed by atoms with van der Waals surface area (Å²) in [4.78, 5) is 4.72. The van der Waals surface area contributed by atoms with E-state index in [1.807, 2.05) is 19.9 Å². The second-order valence-corrected chi connectivity index (χ2v) is 6.69. The minimum Gasteiger partial charge on any atom is -0.379 e. The average Bonchev–Trinajstić information content (AvgIpc) is 3.33. The molecule has 0 amide bonds. The first-order chi connectivity index (χ1) is 11.6. The van der Waals surface area contributed by atoms with Gasteiger partial charge in [-0.05, 0) is 57.7 Å². The van der Waals surface area contributed by atoms with Gasteiger partial charge in [0.15, 0.2) is 5.96 Å². The summed E-state index contributed by atoms with van der Waals surface area (Å²) in [5.41, 5.74) is 1.08. The maximum absolute atomic E-state index is 13.5. The zero-order valence-corrected chi connectivity index (χ0v) is 15.1. The van der Waals surface area contributed by atoms with Crippen molar-refractivity contribution < 1.29 is 9.13 Å². The van der Waals surface area contributed by atoms with Crippen LogP contribution >= 0.6 is 0 Å². The fourth-order valence-electron chi connectivity index (χ4n) is 2.68. The number of hydrogen-bond acceptors (Lipinski definition) is 2. The van der Waals surface area contributed by atoms with E-state index in [0.29, 0.717) is 6.54 Å². The van der Waals surface area contributed by atoms with E-state index in [9.17, 15) is 4.39 Å². The summed E-state index contributed by atoms with van der Waals surface area (Å²) in [7, 11) is 0. The molecule has 1 saturated carbocycles. The van der Waals surface area contributed by atoms with Crippen molar-refractivity contribution in [3.8, 4) is 0 Å². The number of aliphatic imine (C=N–C) groups is 1. The number of ether oxygens (including phenoxy) is 1. The summed E-state index contributed by atoms with van der Waals surface area (Å²) >= 11 is 0. The summed E-state index contributed by atoms with van der Waals surface area (Å²) in [5, 5.41) is 6.61. The molecule has 134 valence electrons. The first-order valence-corrected chi connectivity index (χ1v) is 8.95. The Labute approximate surface area is 144 Å². The molecule has 0 heterocycles. The zero-order chi connectivity index (χ0) is 17.4. The first kappa shape index (κ1) is 18.7. The monoisotopic (exact) mass is 335 g/mol. The van der Waals surface area contributed by atoms with Gasteiger partial charge in [0.25, 0.3) is 0 Å². The van der Waals surface area contributed by atoms with Crippen molar-refractivity contribution in [1.82, 2.24) is 10.6 Å². The molecule has 2 N–H and O–H groups in total. The lowest BCUT2D eigenvalue weighted by Gasteiger charge is -2.16. The van der Waals surface area contributed by atoms with Crippen LogP contribution in [0.1, 0.15) is 45.6 Å². The summed E-state index contributed by atoms with van der Waals surface area (Å²) in [5.74, 6) is 0.655. The Morgan fingerprint density at radius 3 is 2.75 bits per heavy atom. The third-order valence-corrected chi connectivity index (χ3v) is 4.24. The van der Waals surface area contributed by atoms with Crippen LogP contribution in [0.3, 0.4) is 0 Å². The minimum atomic E-state index is -0.169. The van der Waals surface area contributed by atoms with Crippen molar-refractivity contribution in [3.63, 3.8) is 0 Å². The van der Waals surface area contributed by atoms with Crippen LogP contribution in [-0.4, -0.2) is 38.3 Å². The topological polar surface area (TPSA) is 45.7 Å². The van der Waals surface area contributed by atoms with E-state index < -0.39 is 0 Å². The third kappa shape index (κ3) is 5.78. The number of guanidine groups is 1. The molecule has 0 aliphatic heterocycles. The molecule has 0 radical (unpaired) electrons. The van der Waals surface area contributed by atoms with Crippen molar-refractivity contribution in [2.75, 3.05) is 26.2 Å². The van der Waals surface area contributed by atoms with E-state index in [-0.39, 0.29) is 17.3 Å². The summed E-state index contributed by atoms with van der Waals surface area (Å²) < 4.78 is 19.0. The number of nitrogens with zero attached hydrogens (tertiary/aromatic N) is 1. The Morgan fingerprint density at radius 1 is 1.33 bits per heavy atom. The number of rotatable bonds is 9. The molecule has 5 heteroatoms. The third-order valence-electron chi connectivity index (χ3n) is 4.24. The standard InChI is InChI=1S/C19H30FN3O/c1-4-21-18(22-11-6-12-24-15(2)3)23-14-19(9-10-19)16-7-5-8-17(20)13-16/h5,7-8,13,15H,4,6,9-12,14H2,1-3H3,(H2,21,22,23). The molecule has 1 aliphatic carbocycles. The molecule has 0 unspecified atom stereocenters. The van der Waals surface area contributed by atoms with Crippen LogP contribution in [0.4, 0.5) is 4.39 Å². The minimum absolute atomic E-state index is 0.0191. The van der Waals surface area contributed by atoms with Crippen LogP contribution in [0.2, 0.25) is 0 Å². The van der Waals surface area contributed by atoms with Crippen molar-refractivity contribution in [2.45, 2.75) is 51.6 Å². The number of nitrogens with one attached hydrogen (secondary N) is 2. The van der Waals surface area contributed by atoms with Gasteiger partial charge < -0.3 is 15.4 Å². The predicted octanol–water partition coefficient (Wildman–Crippen LogP) is 3.23. The van der Waals surface area contributed by atoms with E-state index in [1.54, 1.807) is 12.1 Å². The second-order valence-electron chi connectivity index (χ2n) is 6.69. The fourth-order valence-corrected chi connectivity index (χ4v) is 2.68. The van der Waals surface area contributed by atoms with E-state index >= 15 is 0 Å². The lowest BCUT2D eigenvalue weighted by atomic mass is 9.96. The van der Waals surface area contributed by atoms with Crippen LogP contribution in [0, 0.1) is 5.82 Å². The SMILES string of the molecule is CCNC(=NCC1(c2cccc(F)c2)CC1)NCCCOC(C)C. The number of benzene rings is 1. The molecule has 4 nitrogen and oxygen atoms in total. The number of hydrogen-bond donors (Lipinski definition) is 2. The van der Waals surface area contributed by atoms with Crippen LogP contribution in [0.15, 0.2) is 29.3 Å². The van der Waals surface area contributed by atoms with Crippen LogP contribution in [0.5, 0.6) is 0 Å². The van der Waals surface area contributed by atoms with E-state index in [4.69, 9.17) is 9.73 Å². The van der Waals surface area contributed by atoms with E-state index in [0.717, 1.165) is 50.5 Å². The molecule has 1 aliphatic rings. The average molecular weight is 335 g/mol. The van der Waals surface area contributed by atoms with Gasteiger partial charge in [-0.15, -0.1) is 0 Å². The van der Waals surface area contributed by atoms with Gasteiger partial charge in [-0.3, -0.25) is 4.99 Å². The molecule has 2 rings (SSSR count). The highest BCUT2D eigenvalue weighted by atomic mass is 19.1. The van der Waals surface area contributed by atoms with Crippen molar-refractivity contribution >= 4 is 5.96 Å². The molecule has 24 heavy (non-hydrogen) atoms. The summed E-state index contributed by atoms with van der Waals surface area (Å²) in [6, 6.07) is 6.93. The molecule has 0 aromatic heterocycles. The lowest BCUT2D eigenvalue weighted by Crippen LogP contribution is -2.38. The van der Waals surface area contributed by atoms with Gasteiger partial charge in [0.2, 0.25) is 0 Å². The fraction of sp³-hybridized carbons (Fsp3) is 0.632. The maximum Gasteiger partial charge on any atom is 0.191 e. The van der Waals surface area contributed by atoms with Gasteiger partial charge in [0, 0.05) is 25.1 Å². The number of halogens is 1. The van der Waals surface area contributed by atoms with E-state index in [2.05, 4.69) is 17.6 Å². The van der Waals surface area contributed by atoms with Crippen molar-refractivity contribution in [2.24, 2.45) is 4.99 Å². The Hall–Kier alpha value is -1.62. The molecular weight excluding hydrogens is 305 g/mol. The largest absolute Gasteiger partial charge is 0.379 e. The molecule has 0 spiro atoms. The van der Waals surface area contributed by atoms with Gasteiger partial charge >= 0.3 is 0 Å². The molecule has 0 saturated heterocycles. The molecule has 0 atom stereocenters. The quantitative estimate of drug-likeness (QED) is 0.414. The molecule has 1 aromatic carbocycles. The Morgan fingerprint density at radius 2 is 2.12 bits per heavy atom. The van der Waals surface area contributed by atoms with Crippen molar-refractivity contribution in [3.05, 3.63) is 35.6 Å². The highest BCUT2D eigenvalue weighted by Gasteiger charge is 2.44. The van der Waals surface area contributed by atoms with E-state index in [1.165, 1.54) is 6.07 Å².